The summed E-state index contributed by atoms with van der Waals surface area (Å²) in [6.07, 6.45) is 1.96. The van der Waals surface area contributed by atoms with Gasteiger partial charge in [-0.1, -0.05) is 54.1 Å². The number of nitrogens with one attached hydrogen (secondary N) is 3. The van der Waals surface area contributed by atoms with Gasteiger partial charge in [0.05, 0.1) is 10.6 Å². The molecule has 4 rings (SSSR count). The lowest BCUT2D eigenvalue weighted by atomic mass is 10.0. The van der Waals surface area contributed by atoms with Crippen LogP contribution in [0.1, 0.15) is 27.0 Å². The Morgan fingerprint density at radius 3 is 2.56 bits per heavy atom. The zero-order valence-electron chi connectivity index (χ0n) is 19.9. The van der Waals surface area contributed by atoms with E-state index in [2.05, 4.69) is 15.6 Å². The molecule has 0 aliphatic heterocycles. The van der Waals surface area contributed by atoms with E-state index in [1.807, 2.05) is 56.3 Å². The lowest BCUT2D eigenvalue weighted by Gasteiger charge is -2.18. The molecule has 0 spiro atoms. The predicted molar refractivity (Wildman–Crippen MR) is 140 cm³/mol. The molecule has 7 nitrogen and oxygen atoms in total. The number of amides is 2. The number of anilines is 1. The lowest BCUT2D eigenvalue weighted by molar-refractivity contribution is -0.149. The molecule has 184 valence electrons. The van der Waals surface area contributed by atoms with Crippen molar-refractivity contribution in [1.29, 1.82) is 0 Å². The number of carbonyl (C=O) groups excluding carboxylic acids is 3. The molecule has 0 saturated heterocycles. The number of aryl methyl sites for hydroxylation is 2. The van der Waals surface area contributed by atoms with Crippen molar-refractivity contribution in [3.63, 3.8) is 0 Å². The fourth-order valence-corrected chi connectivity index (χ4v) is 4.11. The normalized spacial score (nSPS) is 11.6. The molecule has 1 atom stereocenters. The number of aromatic amines is 1. The molecule has 0 aliphatic rings. The molecule has 3 N–H and O–H groups in total. The largest absolute Gasteiger partial charge is 0.454 e. The standard InChI is InChI=1S/C28H26ClN3O4/c1-17-11-12-18(2)24(13-17)31-26(33)16-36-28(35)25(32-27(34)21-8-3-5-9-22(21)29)14-19-15-30-23-10-6-4-7-20(19)23/h3-13,15,25,30H,14,16H2,1-2H3,(H,31,33)(H,32,34)/t25-/m0/s1. The van der Waals surface area contributed by atoms with Gasteiger partial charge < -0.3 is 20.4 Å². The SMILES string of the molecule is Cc1ccc(C)c(NC(=O)COC(=O)[C@H](Cc2c[nH]c3ccccc23)NC(=O)c2ccccc2Cl)c1. The highest BCUT2D eigenvalue weighted by Crippen LogP contribution is 2.21. The van der Waals surface area contributed by atoms with Crippen molar-refractivity contribution in [2.45, 2.75) is 26.3 Å². The molecule has 4 aromatic rings. The highest BCUT2D eigenvalue weighted by molar-refractivity contribution is 6.33. The Kier molecular flexibility index (Phi) is 7.71. The van der Waals surface area contributed by atoms with Gasteiger partial charge in [0, 0.05) is 29.2 Å². The van der Waals surface area contributed by atoms with Crippen LogP contribution < -0.4 is 10.6 Å². The minimum absolute atomic E-state index is 0.164. The summed E-state index contributed by atoms with van der Waals surface area (Å²) >= 11 is 6.17. The van der Waals surface area contributed by atoms with Crippen LogP contribution in [0.3, 0.4) is 0 Å². The first kappa shape index (κ1) is 25.0. The smallest absolute Gasteiger partial charge is 0.329 e. The van der Waals surface area contributed by atoms with Gasteiger partial charge in [-0.25, -0.2) is 4.79 Å². The van der Waals surface area contributed by atoms with Crippen LogP contribution in [0.5, 0.6) is 0 Å². The van der Waals surface area contributed by atoms with E-state index in [4.69, 9.17) is 16.3 Å². The van der Waals surface area contributed by atoms with Crippen molar-refractivity contribution in [2.24, 2.45) is 0 Å². The third-order valence-electron chi connectivity index (χ3n) is 5.82. The van der Waals surface area contributed by atoms with E-state index in [9.17, 15) is 14.4 Å². The minimum Gasteiger partial charge on any atom is -0.454 e. The number of H-pyrrole nitrogens is 1. The first-order chi connectivity index (χ1) is 17.3. The Labute approximate surface area is 213 Å². The molecule has 3 aromatic carbocycles. The van der Waals surface area contributed by atoms with Crippen LogP contribution in [-0.2, 0) is 20.7 Å². The Hall–Kier alpha value is -4.10. The summed E-state index contributed by atoms with van der Waals surface area (Å²) < 4.78 is 5.33. The molecule has 1 aromatic heterocycles. The number of para-hydroxylation sites is 1. The van der Waals surface area contributed by atoms with Crippen molar-refractivity contribution in [3.05, 3.63) is 100 Å². The van der Waals surface area contributed by atoms with Gasteiger partial charge in [0.15, 0.2) is 6.61 Å². The number of benzene rings is 3. The van der Waals surface area contributed by atoms with Crippen molar-refractivity contribution in [3.8, 4) is 0 Å². The highest BCUT2D eigenvalue weighted by atomic mass is 35.5. The second kappa shape index (κ2) is 11.1. The minimum atomic E-state index is -1.04. The number of hydrogen-bond acceptors (Lipinski definition) is 4. The number of carbonyl (C=O) groups is 3. The van der Waals surface area contributed by atoms with Gasteiger partial charge in [-0.2, -0.15) is 0 Å². The molecule has 0 saturated carbocycles. The Morgan fingerprint density at radius 2 is 1.75 bits per heavy atom. The number of ether oxygens (including phenoxy) is 1. The fraction of sp³-hybridized carbons (Fsp3) is 0.179. The number of rotatable bonds is 8. The van der Waals surface area contributed by atoms with E-state index in [1.54, 1.807) is 30.5 Å². The fourth-order valence-electron chi connectivity index (χ4n) is 3.89. The zero-order chi connectivity index (χ0) is 25.7. The predicted octanol–water partition coefficient (Wildman–Crippen LogP) is 4.96. The average molecular weight is 504 g/mol. The molecule has 0 fully saturated rings. The molecule has 0 unspecified atom stereocenters. The van der Waals surface area contributed by atoms with Gasteiger partial charge in [-0.3, -0.25) is 9.59 Å². The summed E-state index contributed by atoms with van der Waals surface area (Å²) in [6.45, 7) is 3.31. The number of fused-ring (bicyclic) bond motifs is 1. The summed E-state index contributed by atoms with van der Waals surface area (Å²) in [6, 6.07) is 18.9. The van der Waals surface area contributed by atoms with Crippen molar-refractivity contribution >= 4 is 46.0 Å². The van der Waals surface area contributed by atoms with Gasteiger partial charge >= 0.3 is 5.97 Å². The van der Waals surface area contributed by atoms with Crippen molar-refractivity contribution in [1.82, 2.24) is 10.3 Å². The van der Waals surface area contributed by atoms with Gasteiger partial charge in [-0.05, 0) is 54.8 Å². The molecular formula is C28H26ClN3O4. The van der Waals surface area contributed by atoms with Crippen LogP contribution in [-0.4, -0.2) is 35.4 Å². The molecule has 0 bridgehead atoms. The maximum absolute atomic E-state index is 13.1. The topological polar surface area (TPSA) is 100 Å². The summed E-state index contributed by atoms with van der Waals surface area (Å²) in [4.78, 5) is 41.7. The first-order valence-corrected chi connectivity index (χ1v) is 11.8. The molecule has 2 amide bonds. The van der Waals surface area contributed by atoms with E-state index >= 15 is 0 Å². The molecule has 36 heavy (non-hydrogen) atoms. The van der Waals surface area contributed by atoms with Crippen LogP contribution >= 0.6 is 11.6 Å². The molecule has 0 radical (unpaired) electrons. The number of aromatic nitrogens is 1. The van der Waals surface area contributed by atoms with E-state index in [0.717, 1.165) is 27.6 Å². The van der Waals surface area contributed by atoms with Crippen molar-refractivity contribution < 1.29 is 19.1 Å². The quantitative estimate of drug-likeness (QED) is 0.296. The lowest BCUT2D eigenvalue weighted by Crippen LogP contribution is -2.44. The van der Waals surface area contributed by atoms with E-state index in [0.29, 0.717) is 5.69 Å². The average Bonchev–Trinajstić information content (AvgIpc) is 3.27. The molecule has 1 heterocycles. The highest BCUT2D eigenvalue weighted by Gasteiger charge is 2.26. The number of esters is 1. The van der Waals surface area contributed by atoms with Gasteiger partial charge in [-0.15, -0.1) is 0 Å². The van der Waals surface area contributed by atoms with E-state index in [-0.39, 0.29) is 17.0 Å². The number of halogens is 1. The second-order valence-corrected chi connectivity index (χ2v) is 8.95. The second-order valence-electron chi connectivity index (χ2n) is 8.54. The maximum Gasteiger partial charge on any atom is 0.329 e. The van der Waals surface area contributed by atoms with Crippen molar-refractivity contribution in [2.75, 3.05) is 11.9 Å². The monoisotopic (exact) mass is 503 g/mol. The van der Waals surface area contributed by atoms with Gasteiger partial charge in [0.25, 0.3) is 11.8 Å². The van der Waals surface area contributed by atoms with E-state index in [1.165, 1.54) is 0 Å². The summed E-state index contributed by atoms with van der Waals surface area (Å²) in [5.74, 6) is -1.71. The number of hydrogen-bond donors (Lipinski definition) is 3. The van der Waals surface area contributed by atoms with Crippen LogP contribution in [0, 0.1) is 13.8 Å². The van der Waals surface area contributed by atoms with Gasteiger partial charge in [0.2, 0.25) is 0 Å². The summed E-state index contributed by atoms with van der Waals surface area (Å²) in [5, 5.41) is 6.68. The summed E-state index contributed by atoms with van der Waals surface area (Å²) in [7, 11) is 0. The van der Waals surface area contributed by atoms with Gasteiger partial charge in [0.1, 0.15) is 6.04 Å². The van der Waals surface area contributed by atoms with Crippen LogP contribution in [0.2, 0.25) is 5.02 Å². The third-order valence-corrected chi connectivity index (χ3v) is 6.15. The van der Waals surface area contributed by atoms with Crippen LogP contribution in [0.4, 0.5) is 5.69 Å². The Bertz CT molecular complexity index is 1430. The van der Waals surface area contributed by atoms with E-state index < -0.39 is 30.4 Å². The summed E-state index contributed by atoms with van der Waals surface area (Å²) in [5.41, 5.74) is 4.51. The van der Waals surface area contributed by atoms with Crippen LogP contribution in [0.15, 0.2) is 72.9 Å². The third kappa shape index (κ3) is 5.93. The molecular weight excluding hydrogens is 478 g/mol. The Balaban J connectivity index is 1.49. The maximum atomic E-state index is 13.1. The Morgan fingerprint density at radius 1 is 1.00 bits per heavy atom. The zero-order valence-corrected chi connectivity index (χ0v) is 20.7. The van der Waals surface area contributed by atoms with Crippen LogP contribution in [0.25, 0.3) is 10.9 Å². The first-order valence-electron chi connectivity index (χ1n) is 11.5. The molecule has 8 heteroatoms. The molecule has 0 aliphatic carbocycles.